The second-order valence-corrected chi connectivity index (χ2v) is 7.71. The first-order valence-corrected chi connectivity index (χ1v) is 9.85. The lowest BCUT2D eigenvalue weighted by Gasteiger charge is -2.13. The van der Waals surface area contributed by atoms with Crippen molar-refractivity contribution in [2.75, 3.05) is 6.61 Å². The van der Waals surface area contributed by atoms with Gasteiger partial charge in [-0.05, 0) is 29.7 Å². The Kier molecular flexibility index (Phi) is 6.78. The first kappa shape index (κ1) is 22.4. The zero-order chi connectivity index (χ0) is 23.1. The smallest absolute Gasteiger partial charge is 0.385 e. The molecule has 7 nitrogen and oxygen atoms in total. The molecule has 3 rings (SSSR count). The van der Waals surface area contributed by atoms with Gasteiger partial charge in [-0.3, -0.25) is 4.79 Å². The normalized spacial score (nSPS) is 18.5. The van der Waals surface area contributed by atoms with Gasteiger partial charge in [-0.15, -0.1) is 0 Å². The first-order valence-electron chi connectivity index (χ1n) is 9.85. The fraction of sp³-hybridized carbons (Fsp3) is 0.280. The molecule has 7 heteroatoms. The van der Waals surface area contributed by atoms with E-state index in [1.165, 1.54) is 0 Å². The van der Waals surface area contributed by atoms with Crippen molar-refractivity contribution in [2.45, 2.75) is 20.0 Å². The van der Waals surface area contributed by atoms with Gasteiger partial charge in [0.2, 0.25) is 6.10 Å². The summed E-state index contributed by atoms with van der Waals surface area (Å²) in [6.45, 7) is 3.27. The number of ether oxygens (including phenoxy) is 3. The van der Waals surface area contributed by atoms with Crippen molar-refractivity contribution in [2.24, 2.45) is 17.3 Å². The zero-order valence-electron chi connectivity index (χ0n) is 17.6. The Bertz CT molecular complexity index is 1150. The quantitative estimate of drug-likeness (QED) is 0.389. The van der Waals surface area contributed by atoms with Crippen LogP contribution in [0.2, 0.25) is 0 Å². The summed E-state index contributed by atoms with van der Waals surface area (Å²) in [5, 5.41) is 18.0. The molecule has 0 aromatic heterocycles. The molecule has 0 saturated heterocycles. The number of carbonyl (C=O) groups excluding carboxylic acids is 2. The molecule has 1 unspecified atom stereocenters. The molecular formula is C25H20N2O5. The molecule has 1 saturated carbocycles. The molecule has 2 aromatic rings. The van der Waals surface area contributed by atoms with Gasteiger partial charge in [0.25, 0.3) is 0 Å². The predicted octanol–water partition coefficient (Wildman–Crippen LogP) is 3.93. The van der Waals surface area contributed by atoms with Crippen molar-refractivity contribution < 1.29 is 23.8 Å². The zero-order valence-corrected chi connectivity index (χ0v) is 17.6. The van der Waals surface area contributed by atoms with Gasteiger partial charge in [0, 0.05) is 17.4 Å². The minimum absolute atomic E-state index is 0.385. The maximum absolute atomic E-state index is 12.7. The number of nitrogens with zero attached hydrogens (tertiary/aromatic N) is 2. The molecule has 0 amide bonds. The minimum Gasteiger partial charge on any atom is -0.457 e. The molecule has 160 valence electrons. The summed E-state index contributed by atoms with van der Waals surface area (Å²) in [7, 11) is 0. The molecule has 1 fully saturated rings. The Hall–Kier alpha value is -4.28. The molecule has 0 heterocycles. The van der Waals surface area contributed by atoms with Crippen LogP contribution in [-0.4, -0.2) is 18.5 Å². The summed E-state index contributed by atoms with van der Waals surface area (Å²) in [6.07, 6.45) is -1.12. The number of hydrogen-bond donors (Lipinski definition) is 0. The highest BCUT2D eigenvalue weighted by molar-refractivity contribution is 5.89. The van der Waals surface area contributed by atoms with Gasteiger partial charge < -0.3 is 14.2 Å². The van der Waals surface area contributed by atoms with Gasteiger partial charge >= 0.3 is 11.9 Å². The van der Waals surface area contributed by atoms with Crippen LogP contribution in [0.25, 0.3) is 0 Å². The molecule has 0 spiro atoms. The van der Waals surface area contributed by atoms with Crippen LogP contribution in [0.4, 0.5) is 0 Å². The van der Waals surface area contributed by atoms with E-state index in [-0.39, 0.29) is 6.61 Å². The monoisotopic (exact) mass is 428 g/mol. The van der Waals surface area contributed by atoms with Crippen molar-refractivity contribution in [3.63, 3.8) is 0 Å². The van der Waals surface area contributed by atoms with Gasteiger partial charge in [0.1, 0.15) is 23.6 Å². The molecule has 1 aliphatic rings. The van der Waals surface area contributed by atoms with Crippen LogP contribution < -0.4 is 4.74 Å². The van der Waals surface area contributed by atoms with E-state index in [4.69, 9.17) is 14.7 Å². The highest BCUT2D eigenvalue weighted by atomic mass is 16.5. The molecular weight excluding hydrogens is 408 g/mol. The van der Waals surface area contributed by atoms with E-state index in [0.29, 0.717) is 17.1 Å². The molecule has 32 heavy (non-hydrogen) atoms. The van der Waals surface area contributed by atoms with E-state index >= 15 is 0 Å². The van der Waals surface area contributed by atoms with Crippen LogP contribution in [0.5, 0.6) is 11.5 Å². The Labute approximate surface area is 186 Å². The topological polar surface area (TPSA) is 109 Å². The first-order chi connectivity index (χ1) is 15.4. The molecule has 1 aliphatic carbocycles. The SMILES string of the molecule is CC1(C)[C@H](C(=O)OC(C#N)c2cccc(Oc3ccccc3)c2)[C@@H]1C#CC(=O)OCC#N. The number of benzene rings is 2. The van der Waals surface area contributed by atoms with Crippen LogP contribution in [0, 0.1) is 51.8 Å². The van der Waals surface area contributed by atoms with E-state index in [0.717, 1.165) is 0 Å². The van der Waals surface area contributed by atoms with Crippen molar-refractivity contribution in [3.05, 3.63) is 60.2 Å². The van der Waals surface area contributed by atoms with Crippen LogP contribution in [0.1, 0.15) is 25.5 Å². The Morgan fingerprint density at radius 1 is 1.06 bits per heavy atom. The van der Waals surface area contributed by atoms with Crippen LogP contribution >= 0.6 is 0 Å². The number of nitriles is 2. The second-order valence-electron chi connectivity index (χ2n) is 7.71. The van der Waals surface area contributed by atoms with E-state index in [9.17, 15) is 14.9 Å². The molecule has 0 bridgehead atoms. The van der Waals surface area contributed by atoms with E-state index < -0.39 is 35.3 Å². The van der Waals surface area contributed by atoms with Gasteiger partial charge in [-0.2, -0.15) is 10.5 Å². The Balaban J connectivity index is 1.67. The number of hydrogen-bond acceptors (Lipinski definition) is 7. The van der Waals surface area contributed by atoms with Crippen molar-refractivity contribution >= 4 is 11.9 Å². The summed E-state index contributed by atoms with van der Waals surface area (Å²) in [5.41, 5.74) is -0.0341. The Morgan fingerprint density at radius 2 is 1.78 bits per heavy atom. The fourth-order valence-electron chi connectivity index (χ4n) is 3.34. The van der Waals surface area contributed by atoms with E-state index in [2.05, 4.69) is 16.6 Å². The van der Waals surface area contributed by atoms with Crippen LogP contribution in [0.15, 0.2) is 54.6 Å². The highest BCUT2D eigenvalue weighted by Gasteiger charge is 2.62. The second kappa shape index (κ2) is 9.69. The predicted molar refractivity (Wildman–Crippen MR) is 113 cm³/mol. The van der Waals surface area contributed by atoms with Crippen LogP contribution in [0.3, 0.4) is 0 Å². The maximum Gasteiger partial charge on any atom is 0.385 e. The largest absolute Gasteiger partial charge is 0.457 e. The van der Waals surface area contributed by atoms with Gasteiger partial charge in [0.05, 0.1) is 5.92 Å². The third-order valence-electron chi connectivity index (χ3n) is 5.17. The average molecular weight is 428 g/mol. The standard InChI is InChI=1S/C25H20N2O5/c1-25(2)20(11-12-22(28)30-14-13-26)23(25)24(29)32-21(16-27)17-7-6-10-19(15-17)31-18-8-4-3-5-9-18/h3-10,15,20-21,23H,14H2,1-2H3/t20-,21?,23-/m0/s1. The number of carbonyl (C=O) groups is 2. The number of esters is 2. The molecule has 0 aliphatic heterocycles. The average Bonchev–Trinajstić information content (AvgIpc) is 3.35. The lowest BCUT2D eigenvalue weighted by Crippen LogP contribution is -2.14. The molecule has 3 atom stereocenters. The third-order valence-corrected chi connectivity index (χ3v) is 5.17. The summed E-state index contributed by atoms with van der Waals surface area (Å²) < 4.78 is 15.8. The Morgan fingerprint density at radius 3 is 2.47 bits per heavy atom. The van der Waals surface area contributed by atoms with Gasteiger partial charge in [-0.1, -0.05) is 50.1 Å². The third kappa shape index (κ3) is 5.25. The molecule has 2 aromatic carbocycles. The van der Waals surface area contributed by atoms with E-state index in [1.807, 2.05) is 38.1 Å². The molecule has 0 N–H and O–H groups in total. The summed E-state index contributed by atoms with van der Waals surface area (Å²) in [6, 6.07) is 19.6. The van der Waals surface area contributed by atoms with Crippen molar-refractivity contribution in [1.82, 2.24) is 0 Å². The lowest BCUT2D eigenvalue weighted by molar-refractivity contribution is -0.149. The van der Waals surface area contributed by atoms with E-state index in [1.54, 1.807) is 42.5 Å². The van der Waals surface area contributed by atoms with Crippen molar-refractivity contribution in [1.29, 1.82) is 10.5 Å². The summed E-state index contributed by atoms with van der Waals surface area (Å²) in [4.78, 5) is 24.2. The van der Waals surface area contributed by atoms with Gasteiger partial charge in [0.15, 0.2) is 6.61 Å². The number of rotatable bonds is 6. The van der Waals surface area contributed by atoms with Gasteiger partial charge in [-0.25, -0.2) is 4.79 Å². The fourth-order valence-corrected chi connectivity index (χ4v) is 3.34. The summed E-state index contributed by atoms with van der Waals surface area (Å²) >= 11 is 0. The number of para-hydroxylation sites is 1. The maximum atomic E-state index is 12.7. The summed E-state index contributed by atoms with van der Waals surface area (Å²) in [5.74, 6) is 3.77. The van der Waals surface area contributed by atoms with Crippen LogP contribution in [-0.2, 0) is 19.1 Å². The minimum atomic E-state index is -1.12. The van der Waals surface area contributed by atoms with Crippen molar-refractivity contribution in [3.8, 4) is 35.5 Å². The molecule has 0 radical (unpaired) electrons. The highest BCUT2D eigenvalue weighted by Crippen LogP contribution is 2.58. The lowest BCUT2D eigenvalue weighted by atomic mass is 10.1.